The van der Waals surface area contributed by atoms with Crippen molar-refractivity contribution in [1.82, 2.24) is 19.9 Å². The normalized spacial score (nSPS) is 28.5. The van der Waals surface area contributed by atoms with Crippen LogP contribution in [0.25, 0.3) is 0 Å². The second kappa shape index (κ2) is 9.62. The summed E-state index contributed by atoms with van der Waals surface area (Å²) in [5.41, 5.74) is 2.28. The van der Waals surface area contributed by atoms with Gasteiger partial charge >= 0.3 is 0 Å². The first-order valence-electron chi connectivity index (χ1n) is 15.2. The van der Waals surface area contributed by atoms with Gasteiger partial charge in [-0.25, -0.2) is 9.97 Å². The molecule has 3 saturated heterocycles. The van der Waals surface area contributed by atoms with Gasteiger partial charge in [0.25, 0.3) is 0 Å². The molecule has 9 nitrogen and oxygen atoms in total. The van der Waals surface area contributed by atoms with E-state index in [1.165, 1.54) is 18.7 Å². The molecule has 42 heavy (non-hydrogen) atoms. The van der Waals surface area contributed by atoms with E-state index < -0.39 is 5.60 Å². The smallest absolute Gasteiger partial charge is 0.229 e. The van der Waals surface area contributed by atoms with Crippen LogP contribution >= 0.6 is 0 Å². The molecule has 3 fully saturated rings. The van der Waals surface area contributed by atoms with E-state index in [9.17, 15) is 5.11 Å². The summed E-state index contributed by atoms with van der Waals surface area (Å²) in [7, 11) is 2.25. The molecule has 4 atom stereocenters. The molecule has 9 heteroatoms. The van der Waals surface area contributed by atoms with E-state index in [0.717, 1.165) is 48.3 Å². The molecule has 2 aromatic heterocycles. The highest BCUT2D eigenvalue weighted by Crippen LogP contribution is 2.53. The van der Waals surface area contributed by atoms with Crippen LogP contribution in [0.15, 0.2) is 48.7 Å². The summed E-state index contributed by atoms with van der Waals surface area (Å²) >= 11 is 0. The Morgan fingerprint density at radius 1 is 1.05 bits per heavy atom. The summed E-state index contributed by atoms with van der Waals surface area (Å²) in [5.74, 6) is 2.93. The molecule has 0 spiro atoms. The van der Waals surface area contributed by atoms with Crippen LogP contribution in [0.4, 0.5) is 29.0 Å². The van der Waals surface area contributed by atoms with Crippen LogP contribution in [0.5, 0.6) is 0 Å². The third kappa shape index (κ3) is 4.62. The van der Waals surface area contributed by atoms with E-state index in [1.54, 1.807) is 13.8 Å². The van der Waals surface area contributed by atoms with Gasteiger partial charge in [0.2, 0.25) is 5.95 Å². The Balaban J connectivity index is 1.19. The maximum absolute atomic E-state index is 10.7. The number of ether oxygens (including phenoxy) is 1. The zero-order chi connectivity index (χ0) is 29.4. The third-order valence-electron chi connectivity index (χ3n) is 10.0. The molecule has 0 aliphatic carbocycles. The molecule has 3 aromatic rings. The molecule has 222 valence electrons. The van der Waals surface area contributed by atoms with Gasteiger partial charge in [0.05, 0.1) is 23.9 Å². The number of likely N-dealkylation sites (N-methyl/N-ethyl adjacent to an activating group) is 1. The number of hydrogen-bond donors (Lipinski definition) is 2. The number of pyridine rings is 1. The summed E-state index contributed by atoms with van der Waals surface area (Å²) in [6, 6.07) is 15.2. The number of fused-ring (bicyclic) bond motifs is 4. The fraction of sp³-hybridized carbons (Fsp3) is 0.545. The molecule has 6 heterocycles. The molecule has 0 unspecified atom stereocenters. The number of benzene rings is 1. The number of aromatic nitrogens is 3. The van der Waals surface area contributed by atoms with Crippen molar-refractivity contribution in [2.45, 2.75) is 76.2 Å². The largest absolute Gasteiger partial charge is 0.384 e. The quantitative estimate of drug-likeness (QED) is 0.443. The maximum atomic E-state index is 10.7. The van der Waals surface area contributed by atoms with Crippen LogP contribution in [-0.4, -0.2) is 75.9 Å². The van der Waals surface area contributed by atoms with Gasteiger partial charge in [-0.3, -0.25) is 0 Å². The summed E-state index contributed by atoms with van der Waals surface area (Å²) < 4.78 is 6.35. The Morgan fingerprint density at radius 2 is 1.83 bits per heavy atom. The minimum Gasteiger partial charge on any atom is -0.384 e. The van der Waals surface area contributed by atoms with Gasteiger partial charge in [0.1, 0.15) is 17.2 Å². The van der Waals surface area contributed by atoms with E-state index in [1.807, 2.05) is 24.4 Å². The molecule has 1 aromatic carbocycles. The average Bonchev–Trinajstić information content (AvgIpc) is 3.59. The van der Waals surface area contributed by atoms with Crippen molar-refractivity contribution in [2.75, 3.05) is 48.4 Å². The highest BCUT2D eigenvalue weighted by molar-refractivity contribution is 5.71. The first-order valence-corrected chi connectivity index (χ1v) is 15.2. The van der Waals surface area contributed by atoms with E-state index in [-0.39, 0.29) is 17.1 Å². The Labute approximate surface area is 248 Å². The number of anilines is 5. The summed E-state index contributed by atoms with van der Waals surface area (Å²) in [6.07, 6.45) is 4.06. The van der Waals surface area contributed by atoms with Crippen molar-refractivity contribution < 1.29 is 9.84 Å². The van der Waals surface area contributed by atoms with Crippen LogP contribution in [-0.2, 0) is 15.8 Å². The molecular formula is C33H43N7O2. The Kier molecular flexibility index (Phi) is 6.31. The first kappa shape index (κ1) is 27.6. The van der Waals surface area contributed by atoms with Crippen molar-refractivity contribution in [1.29, 1.82) is 0 Å². The lowest BCUT2D eigenvalue weighted by Gasteiger charge is -2.46. The van der Waals surface area contributed by atoms with Crippen molar-refractivity contribution in [3.63, 3.8) is 0 Å². The topological polar surface area (TPSA) is 89.9 Å². The van der Waals surface area contributed by atoms with Gasteiger partial charge in [-0.1, -0.05) is 13.0 Å². The maximum Gasteiger partial charge on any atom is 0.229 e. The zero-order valence-corrected chi connectivity index (χ0v) is 25.6. The zero-order valence-electron chi connectivity index (χ0n) is 25.6. The monoisotopic (exact) mass is 569 g/mol. The number of nitrogens with one attached hydrogen (secondary N) is 1. The van der Waals surface area contributed by atoms with Crippen molar-refractivity contribution in [2.24, 2.45) is 5.92 Å². The molecule has 4 aliphatic heterocycles. The minimum atomic E-state index is -1.05. The second-order valence-corrected chi connectivity index (χ2v) is 14.1. The number of hydrogen-bond acceptors (Lipinski definition) is 9. The minimum absolute atomic E-state index is 0.0867. The van der Waals surface area contributed by atoms with Crippen molar-refractivity contribution in [3.8, 4) is 0 Å². The lowest BCUT2D eigenvalue weighted by atomic mass is 9.73. The number of rotatable bonds is 5. The van der Waals surface area contributed by atoms with Gasteiger partial charge in [-0.05, 0) is 96.4 Å². The number of likely N-dealkylation sites (tertiary alicyclic amines) is 1. The van der Waals surface area contributed by atoms with Crippen LogP contribution in [0, 0.1) is 5.92 Å². The Bertz CT molecular complexity index is 1490. The fourth-order valence-corrected chi connectivity index (χ4v) is 7.43. The van der Waals surface area contributed by atoms with Crippen LogP contribution in [0.3, 0.4) is 0 Å². The second-order valence-electron chi connectivity index (χ2n) is 14.1. The van der Waals surface area contributed by atoms with E-state index >= 15 is 0 Å². The lowest BCUT2D eigenvalue weighted by Crippen LogP contribution is -2.54. The van der Waals surface area contributed by atoms with E-state index in [0.29, 0.717) is 24.3 Å². The predicted octanol–water partition coefficient (Wildman–Crippen LogP) is 4.96. The summed E-state index contributed by atoms with van der Waals surface area (Å²) in [6.45, 7) is 14.1. The molecule has 4 aliphatic rings. The van der Waals surface area contributed by atoms with E-state index in [2.05, 4.69) is 72.1 Å². The highest BCUT2D eigenvalue weighted by atomic mass is 16.5. The summed E-state index contributed by atoms with van der Waals surface area (Å²) in [5, 5.41) is 14.2. The van der Waals surface area contributed by atoms with Gasteiger partial charge in [0.15, 0.2) is 0 Å². The molecule has 0 radical (unpaired) electrons. The molecule has 2 N–H and O–H groups in total. The number of nitrogens with zero attached hydrogens (tertiary/aromatic N) is 6. The van der Waals surface area contributed by atoms with Gasteiger partial charge in [-0.15, -0.1) is 0 Å². The van der Waals surface area contributed by atoms with Crippen LogP contribution < -0.4 is 15.1 Å². The molecule has 0 amide bonds. The predicted molar refractivity (Wildman–Crippen MR) is 166 cm³/mol. The third-order valence-corrected chi connectivity index (χ3v) is 10.0. The first-order chi connectivity index (χ1) is 19.9. The van der Waals surface area contributed by atoms with Gasteiger partial charge in [-0.2, -0.15) is 4.98 Å². The molecular weight excluding hydrogens is 526 g/mol. The molecule has 0 bridgehead atoms. The van der Waals surface area contributed by atoms with Gasteiger partial charge < -0.3 is 29.9 Å². The summed E-state index contributed by atoms with van der Waals surface area (Å²) in [4.78, 5) is 22.1. The average molecular weight is 570 g/mol. The van der Waals surface area contributed by atoms with E-state index in [4.69, 9.17) is 19.7 Å². The Morgan fingerprint density at radius 3 is 2.57 bits per heavy atom. The van der Waals surface area contributed by atoms with Crippen LogP contribution in [0.2, 0.25) is 0 Å². The standard InChI is InChI=1S/C33H43N7O2/c1-31(2)16-27-33(5,20-42-31)24-17-34-30(37-29(24)40(27)28-9-7-8-26(36-28)32(3,4)41)35-22-10-12-23(13-11-22)39-18-21-14-15-38(6)25(21)19-39/h7-13,17,21,25,27,41H,14-16,18-20H2,1-6H3,(H,34,35,37)/t21-,25+,27-,33-/m1/s1. The Hall–Kier alpha value is -3.27. The SMILES string of the molecule is CN1CC[C@@H]2CN(c3ccc(Nc4ncc5c(n4)N(c4cccc(C(C)(C)O)n4)[C@@H]4CC(C)(C)OC[C@]54C)cc3)C[C@@H]21. The number of aliphatic hydroxyl groups is 1. The fourth-order valence-electron chi connectivity index (χ4n) is 7.43. The van der Waals surface area contributed by atoms with Gasteiger partial charge in [0, 0.05) is 47.7 Å². The lowest BCUT2D eigenvalue weighted by molar-refractivity contribution is -0.0893. The van der Waals surface area contributed by atoms with Crippen molar-refractivity contribution >= 4 is 29.0 Å². The van der Waals surface area contributed by atoms with Crippen molar-refractivity contribution in [3.05, 3.63) is 59.9 Å². The highest BCUT2D eigenvalue weighted by Gasteiger charge is 2.55. The molecule has 7 rings (SSSR count). The van der Waals surface area contributed by atoms with Crippen LogP contribution in [0.1, 0.15) is 58.7 Å². The molecule has 0 saturated carbocycles.